The SMILES string of the molecule is Cc1ccsc1C(=O)N1CCN(c2ccc(C(=O)NCCCc3ccccc3)cn2)CC1. The third-order valence-electron chi connectivity index (χ3n) is 5.73. The molecule has 0 radical (unpaired) electrons. The van der Waals surface area contributed by atoms with E-state index < -0.39 is 0 Å². The van der Waals surface area contributed by atoms with E-state index in [4.69, 9.17) is 0 Å². The van der Waals surface area contributed by atoms with Crippen LogP contribution in [0, 0.1) is 6.92 Å². The standard InChI is InChI=1S/C25H28N4O2S/c1-19-11-17-32-23(19)25(31)29-15-13-28(14-16-29)22-10-9-21(18-27-22)24(30)26-12-5-8-20-6-3-2-4-7-20/h2-4,6-7,9-11,17-18H,5,8,12-16H2,1H3,(H,26,30). The highest BCUT2D eigenvalue weighted by Gasteiger charge is 2.24. The largest absolute Gasteiger partial charge is 0.353 e. The Morgan fingerprint density at radius 3 is 2.47 bits per heavy atom. The first-order valence-electron chi connectivity index (χ1n) is 11.0. The Hall–Kier alpha value is -3.19. The van der Waals surface area contributed by atoms with Gasteiger partial charge in [-0.3, -0.25) is 9.59 Å². The summed E-state index contributed by atoms with van der Waals surface area (Å²) in [5.74, 6) is 0.855. The summed E-state index contributed by atoms with van der Waals surface area (Å²) in [5.41, 5.74) is 2.88. The molecular weight excluding hydrogens is 420 g/mol. The lowest BCUT2D eigenvalue weighted by atomic mass is 10.1. The number of aryl methyl sites for hydroxylation is 2. The van der Waals surface area contributed by atoms with Crippen LogP contribution in [-0.4, -0.2) is 54.4 Å². The van der Waals surface area contributed by atoms with Crippen molar-refractivity contribution in [2.24, 2.45) is 0 Å². The van der Waals surface area contributed by atoms with Gasteiger partial charge in [0.15, 0.2) is 0 Å². The molecule has 6 nitrogen and oxygen atoms in total. The Bertz CT molecular complexity index is 1040. The molecule has 3 aromatic rings. The third-order valence-corrected chi connectivity index (χ3v) is 6.73. The molecule has 1 aliphatic rings. The van der Waals surface area contributed by atoms with Gasteiger partial charge in [-0.1, -0.05) is 30.3 Å². The van der Waals surface area contributed by atoms with Crippen LogP contribution in [0.15, 0.2) is 60.1 Å². The maximum Gasteiger partial charge on any atom is 0.264 e. The number of carbonyl (C=O) groups excluding carboxylic acids is 2. The van der Waals surface area contributed by atoms with Crippen LogP contribution in [0.25, 0.3) is 0 Å². The van der Waals surface area contributed by atoms with Crippen LogP contribution >= 0.6 is 11.3 Å². The average molecular weight is 449 g/mol. The fourth-order valence-electron chi connectivity index (χ4n) is 3.82. The Morgan fingerprint density at radius 1 is 1.03 bits per heavy atom. The molecule has 166 valence electrons. The molecule has 0 aliphatic carbocycles. The molecule has 3 heterocycles. The molecule has 7 heteroatoms. The highest BCUT2D eigenvalue weighted by Crippen LogP contribution is 2.20. The molecule has 0 bridgehead atoms. The van der Waals surface area contributed by atoms with Gasteiger partial charge in [-0.25, -0.2) is 4.98 Å². The number of aromatic nitrogens is 1. The van der Waals surface area contributed by atoms with E-state index in [2.05, 4.69) is 27.3 Å². The van der Waals surface area contributed by atoms with E-state index in [1.165, 1.54) is 16.9 Å². The van der Waals surface area contributed by atoms with Gasteiger partial charge in [-0.15, -0.1) is 11.3 Å². The van der Waals surface area contributed by atoms with E-state index in [9.17, 15) is 9.59 Å². The molecular formula is C25H28N4O2S. The summed E-state index contributed by atoms with van der Waals surface area (Å²) in [6, 6.07) is 16.0. The van der Waals surface area contributed by atoms with Crippen molar-refractivity contribution in [1.82, 2.24) is 15.2 Å². The van der Waals surface area contributed by atoms with Gasteiger partial charge >= 0.3 is 0 Å². The molecule has 0 unspecified atom stereocenters. The Morgan fingerprint density at radius 2 is 1.81 bits per heavy atom. The molecule has 1 saturated heterocycles. The van der Waals surface area contributed by atoms with Gasteiger partial charge in [0.1, 0.15) is 5.82 Å². The number of hydrogen-bond donors (Lipinski definition) is 1. The van der Waals surface area contributed by atoms with Crippen LogP contribution in [-0.2, 0) is 6.42 Å². The lowest BCUT2D eigenvalue weighted by molar-refractivity contribution is 0.0750. The van der Waals surface area contributed by atoms with Gasteiger partial charge in [0.2, 0.25) is 0 Å². The van der Waals surface area contributed by atoms with Crippen molar-refractivity contribution >= 4 is 29.0 Å². The zero-order valence-corrected chi connectivity index (χ0v) is 19.1. The molecule has 2 aromatic heterocycles. The lowest BCUT2D eigenvalue weighted by Gasteiger charge is -2.35. The topological polar surface area (TPSA) is 65.5 Å². The van der Waals surface area contributed by atoms with E-state index in [1.54, 1.807) is 6.20 Å². The van der Waals surface area contributed by atoms with Crippen LogP contribution in [0.4, 0.5) is 5.82 Å². The monoisotopic (exact) mass is 448 g/mol. The van der Waals surface area contributed by atoms with E-state index in [-0.39, 0.29) is 11.8 Å². The number of pyridine rings is 1. The fourth-order valence-corrected chi connectivity index (χ4v) is 4.71. The molecule has 0 atom stereocenters. The van der Waals surface area contributed by atoms with Crippen LogP contribution in [0.5, 0.6) is 0 Å². The van der Waals surface area contributed by atoms with E-state index in [0.717, 1.165) is 42.2 Å². The minimum atomic E-state index is -0.0983. The van der Waals surface area contributed by atoms with Crippen molar-refractivity contribution in [2.45, 2.75) is 19.8 Å². The van der Waals surface area contributed by atoms with Gasteiger partial charge in [-0.05, 0) is 54.5 Å². The maximum absolute atomic E-state index is 12.7. The van der Waals surface area contributed by atoms with Crippen molar-refractivity contribution in [1.29, 1.82) is 0 Å². The van der Waals surface area contributed by atoms with Crippen molar-refractivity contribution in [3.05, 3.63) is 81.7 Å². The molecule has 32 heavy (non-hydrogen) atoms. The summed E-state index contributed by atoms with van der Waals surface area (Å²) >= 11 is 1.50. The number of anilines is 1. The number of nitrogens with zero attached hydrogens (tertiary/aromatic N) is 3. The Kier molecular flexibility index (Phi) is 7.17. The van der Waals surface area contributed by atoms with Crippen molar-refractivity contribution in [3.63, 3.8) is 0 Å². The average Bonchev–Trinajstić information content (AvgIpc) is 3.28. The normalized spacial score (nSPS) is 13.8. The molecule has 1 fully saturated rings. The second-order valence-electron chi connectivity index (χ2n) is 7.96. The lowest BCUT2D eigenvalue weighted by Crippen LogP contribution is -2.49. The highest BCUT2D eigenvalue weighted by molar-refractivity contribution is 7.12. The minimum absolute atomic E-state index is 0.0983. The molecule has 1 N–H and O–H groups in total. The number of rotatable bonds is 7. The smallest absolute Gasteiger partial charge is 0.264 e. The van der Waals surface area contributed by atoms with E-state index in [1.807, 2.05) is 53.6 Å². The van der Waals surface area contributed by atoms with Gasteiger partial charge in [-0.2, -0.15) is 0 Å². The molecule has 1 aromatic carbocycles. The molecule has 2 amide bonds. The highest BCUT2D eigenvalue weighted by atomic mass is 32.1. The number of thiophene rings is 1. The second-order valence-corrected chi connectivity index (χ2v) is 8.88. The minimum Gasteiger partial charge on any atom is -0.353 e. The fraction of sp³-hybridized carbons (Fsp3) is 0.320. The van der Waals surface area contributed by atoms with Crippen molar-refractivity contribution in [2.75, 3.05) is 37.6 Å². The number of benzene rings is 1. The first-order chi connectivity index (χ1) is 15.6. The summed E-state index contributed by atoms with van der Waals surface area (Å²) < 4.78 is 0. The summed E-state index contributed by atoms with van der Waals surface area (Å²) in [5, 5.41) is 4.93. The summed E-state index contributed by atoms with van der Waals surface area (Å²) in [6.07, 6.45) is 3.47. The Balaban J connectivity index is 1.23. The summed E-state index contributed by atoms with van der Waals surface area (Å²) in [7, 11) is 0. The first kappa shape index (κ1) is 22.0. The summed E-state index contributed by atoms with van der Waals surface area (Å²) in [4.78, 5) is 34.5. The van der Waals surface area contributed by atoms with Gasteiger partial charge in [0, 0.05) is 38.9 Å². The number of piperazine rings is 1. The summed E-state index contributed by atoms with van der Waals surface area (Å²) in [6.45, 7) is 5.41. The number of carbonyl (C=O) groups is 2. The number of amides is 2. The van der Waals surface area contributed by atoms with Crippen molar-refractivity contribution in [3.8, 4) is 0 Å². The van der Waals surface area contributed by atoms with Crippen LogP contribution in [0.1, 0.15) is 37.6 Å². The zero-order valence-electron chi connectivity index (χ0n) is 18.3. The zero-order chi connectivity index (χ0) is 22.3. The second kappa shape index (κ2) is 10.4. The van der Waals surface area contributed by atoms with Crippen LogP contribution in [0.3, 0.4) is 0 Å². The van der Waals surface area contributed by atoms with Gasteiger partial charge in [0.05, 0.1) is 10.4 Å². The van der Waals surface area contributed by atoms with Gasteiger partial charge in [0.25, 0.3) is 11.8 Å². The predicted octanol–water partition coefficient (Wildman–Crippen LogP) is 3.78. The van der Waals surface area contributed by atoms with E-state index in [0.29, 0.717) is 25.2 Å². The van der Waals surface area contributed by atoms with Crippen LogP contribution in [0.2, 0.25) is 0 Å². The number of hydrogen-bond acceptors (Lipinski definition) is 5. The number of nitrogens with one attached hydrogen (secondary N) is 1. The van der Waals surface area contributed by atoms with Gasteiger partial charge < -0.3 is 15.1 Å². The van der Waals surface area contributed by atoms with Crippen LogP contribution < -0.4 is 10.2 Å². The molecule has 0 spiro atoms. The first-order valence-corrected chi connectivity index (χ1v) is 11.9. The van der Waals surface area contributed by atoms with E-state index >= 15 is 0 Å². The quantitative estimate of drug-likeness (QED) is 0.559. The van der Waals surface area contributed by atoms with Crippen molar-refractivity contribution < 1.29 is 9.59 Å². The predicted molar refractivity (Wildman–Crippen MR) is 129 cm³/mol. The Labute approximate surface area is 192 Å². The maximum atomic E-state index is 12.7. The molecule has 4 rings (SSSR count). The molecule has 0 saturated carbocycles. The molecule has 1 aliphatic heterocycles. The third kappa shape index (κ3) is 5.34.